The van der Waals surface area contributed by atoms with E-state index in [4.69, 9.17) is 0 Å². The second kappa shape index (κ2) is 6.59. The molecule has 0 saturated carbocycles. The Morgan fingerprint density at radius 2 is 2.19 bits per heavy atom. The van der Waals surface area contributed by atoms with Gasteiger partial charge >= 0.3 is 5.69 Å². The van der Waals surface area contributed by atoms with E-state index in [1.54, 1.807) is 6.33 Å². The van der Waals surface area contributed by atoms with E-state index < -0.39 is 4.92 Å². The van der Waals surface area contributed by atoms with Crippen molar-refractivity contribution in [1.82, 2.24) is 24.7 Å². The van der Waals surface area contributed by atoms with Crippen molar-refractivity contribution < 1.29 is 4.92 Å². The molecule has 10 heteroatoms. The van der Waals surface area contributed by atoms with Crippen LogP contribution in [0.25, 0.3) is 0 Å². The maximum absolute atomic E-state index is 11.0. The van der Waals surface area contributed by atoms with Gasteiger partial charge in [0.25, 0.3) is 0 Å². The van der Waals surface area contributed by atoms with E-state index in [2.05, 4.69) is 30.8 Å². The van der Waals surface area contributed by atoms with Crippen LogP contribution < -0.4 is 10.6 Å². The van der Waals surface area contributed by atoms with Crippen LogP contribution in [0.5, 0.6) is 0 Å². The highest BCUT2D eigenvalue weighted by Gasteiger charge is 2.17. The van der Waals surface area contributed by atoms with Crippen molar-refractivity contribution in [2.24, 2.45) is 0 Å². The maximum Gasteiger partial charge on any atom is 0.329 e. The summed E-state index contributed by atoms with van der Waals surface area (Å²) in [5.74, 6) is 1.16. The second-order valence-electron chi connectivity index (χ2n) is 4.10. The third-order valence-electron chi connectivity index (χ3n) is 2.75. The number of aromatic nitrogens is 5. The number of anilines is 2. The standard InChI is InChI=1S/C11H16N8O2/c1-3-12-11-14-5-8(19(20)21)10(16-11)13-6-9-17-15-7-18(9)4-2/h5,7H,3-4,6H2,1-2H3,(H2,12,13,14,16). The van der Waals surface area contributed by atoms with Crippen molar-refractivity contribution >= 4 is 17.5 Å². The molecule has 0 aliphatic heterocycles. The van der Waals surface area contributed by atoms with Crippen molar-refractivity contribution in [3.05, 3.63) is 28.5 Å². The molecule has 0 bridgehead atoms. The largest absolute Gasteiger partial charge is 0.357 e. The summed E-state index contributed by atoms with van der Waals surface area (Å²) in [5, 5.41) is 24.6. The van der Waals surface area contributed by atoms with Gasteiger partial charge in [0.15, 0.2) is 5.82 Å². The van der Waals surface area contributed by atoms with Crippen molar-refractivity contribution in [2.75, 3.05) is 17.2 Å². The van der Waals surface area contributed by atoms with Gasteiger partial charge in [-0.05, 0) is 13.8 Å². The highest BCUT2D eigenvalue weighted by Crippen LogP contribution is 2.22. The van der Waals surface area contributed by atoms with E-state index in [0.29, 0.717) is 18.3 Å². The van der Waals surface area contributed by atoms with E-state index in [1.165, 1.54) is 6.20 Å². The Bertz CT molecular complexity index is 626. The Morgan fingerprint density at radius 1 is 1.38 bits per heavy atom. The number of nitrogens with one attached hydrogen (secondary N) is 2. The van der Waals surface area contributed by atoms with Gasteiger partial charge < -0.3 is 15.2 Å². The minimum atomic E-state index is -0.525. The van der Waals surface area contributed by atoms with Crippen LogP contribution in [0.4, 0.5) is 17.5 Å². The molecule has 2 aromatic rings. The van der Waals surface area contributed by atoms with Gasteiger partial charge in [-0.2, -0.15) is 4.98 Å². The zero-order valence-electron chi connectivity index (χ0n) is 11.8. The van der Waals surface area contributed by atoms with Gasteiger partial charge in [-0.3, -0.25) is 10.1 Å². The molecule has 0 unspecified atom stereocenters. The Kier molecular flexibility index (Phi) is 4.59. The summed E-state index contributed by atoms with van der Waals surface area (Å²) < 4.78 is 1.84. The van der Waals surface area contributed by atoms with E-state index in [9.17, 15) is 10.1 Å². The molecule has 2 aromatic heterocycles. The normalized spacial score (nSPS) is 10.4. The van der Waals surface area contributed by atoms with Gasteiger partial charge in [0.1, 0.15) is 12.5 Å². The Labute approximate surface area is 120 Å². The molecule has 0 fully saturated rings. The maximum atomic E-state index is 11.0. The third-order valence-corrected chi connectivity index (χ3v) is 2.75. The number of aryl methyl sites for hydroxylation is 1. The molecule has 0 aromatic carbocycles. The minimum Gasteiger partial charge on any atom is -0.357 e. The molecule has 2 N–H and O–H groups in total. The van der Waals surface area contributed by atoms with Gasteiger partial charge in [0, 0.05) is 13.1 Å². The van der Waals surface area contributed by atoms with Crippen LogP contribution in [0, 0.1) is 10.1 Å². The van der Waals surface area contributed by atoms with Crippen LogP contribution in [0.3, 0.4) is 0 Å². The molecule has 0 spiro atoms. The van der Waals surface area contributed by atoms with Crippen LogP contribution in [0.1, 0.15) is 19.7 Å². The van der Waals surface area contributed by atoms with Gasteiger partial charge in [0.2, 0.25) is 11.8 Å². The Balaban J connectivity index is 2.20. The van der Waals surface area contributed by atoms with Crippen LogP contribution in [0.2, 0.25) is 0 Å². The average Bonchev–Trinajstić information content (AvgIpc) is 2.92. The van der Waals surface area contributed by atoms with Crippen molar-refractivity contribution in [2.45, 2.75) is 26.9 Å². The molecule has 2 heterocycles. The highest BCUT2D eigenvalue weighted by atomic mass is 16.6. The molecule has 0 aliphatic carbocycles. The SMILES string of the molecule is CCNc1ncc([N+](=O)[O-])c(NCc2nncn2CC)n1. The fourth-order valence-electron chi connectivity index (χ4n) is 1.73. The molecule has 10 nitrogen and oxygen atoms in total. The van der Waals surface area contributed by atoms with Gasteiger partial charge in [-0.15, -0.1) is 10.2 Å². The molecule has 0 amide bonds. The molecule has 21 heavy (non-hydrogen) atoms. The summed E-state index contributed by atoms with van der Waals surface area (Å²) >= 11 is 0. The number of rotatable bonds is 7. The van der Waals surface area contributed by atoms with Gasteiger partial charge in [-0.1, -0.05) is 0 Å². The lowest BCUT2D eigenvalue weighted by Crippen LogP contribution is -2.11. The quantitative estimate of drug-likeness (QED) is 0.573. The first kappa shape index (κ1) is 14.6. The van der Waals surface area contributed by atoms with Crippen LogP contribution in [-0.2, 0) is 13.1 Å². The van der Waals surface area contributed by atoms with Crippen LogP contribution >= 0.6 is 0 Å². The summed E-state index contributed by atoms with van der Waals surface area (Å²) in [6.45, 7) is 5.49. The first-order chi connectivity index (χ1) is 10.2. The minimum absolute atomic E-state index is 0.150. The summed E-state index contributed by atoms with van der Waals surface area (Å²) in [4.78, 5) is 18.5. The van der Waals surface area contributed by atoms with Crippen LogP contribution in [-0.4, -0.2) is 36.2 Å². The van der Waals surface area contributed by atoms with E-state index in [-0.39, 0.29) is 18.1 Å². The Morgan fingerprint density at radius 3 is 2.86 bits per heavy atom. The molecule has 112 valence electrons. The predicted molar refractivity (Wildman–Crippen MR) is 75.9 cm³/mol. The molecule has 0 aliphatic rings. The van der Waals surface area contributed by atoms with Gasteiger partial charge in [-0.25, -0.2) is 4.98 Å². The van der Waals surface area contributed by atoms with Crippen molar-refractivity contribution in [3.63, 3.8) is 0 Å². The summed E-state index contributed by atoms with van der Waals surface area (Å²) in [7, 11) is 0. The number of hydrogen-bond acceptors (Lipinski definition) is 8. The number of nitrogens with zero attached hydrogens (tertiary/aromatic N) is 6. The lowest BCUT2D eigenvalue weighted by molar-refractivity contribution is -0.384. The van der Waals surface area contributed by atoms with E-state index >= 15 is 0 Å². The summed E-state index contributed by atoms with van der Waals surface area (Å²) in [6.07, 6.45) is 2.79. The molecular weight excluding hydrogens is 276 g/mol. The summed E-state index contributed by atoms with van der Waals surface area (Å²) in [5.41, 5.74) is -0.181. The van der Waals surface area contributed by atoms with Crippen LogP contribution in [0.15, 0.2) is 12.5 Å². The highest BCUT2D eigenvalue weighted by molar-refractivity contribution is 5.56. The van der Waals surface area contributed by atoms with E-state index in [1.807, 2.05) is 18.4 Å². The lowest BCUT2D eigenvalue weighted by Gasteiger charge is -2.08. The second-order valence-corrected chi connectivity index (χ2v) is 4.10. The molecule has 0 saturated heterocycles. The fourth-order valence-corrected chi connectivity index (χ4v) is 1.73. The summed E-state index contributed by atoms with van der Waals surface area (Å²) in [6, 6.07) is 0. The molecule has 0 radical (unpaired) electrons. The molecule has 2 rings (SSSR count). The number of hydrogen-bond donors (Lipinski definition) is 2. The first-order valence-corrected chi connectivity index (χ1v) is 6.51. The van der Waals surface area contributed by atoms with Crippen molar-refractivity contribution in [3.8, 4) is 0 Å². The lowest BCUT2D eigenvalue weighted by atomic mass is 10.4. The zero-order chi connectivity index (χ0) is 15.2. The zero-order valence-corrected chi connectivity index (χ0v) is 11.8. The molecular formula is C11H16N8O2. The average molecular weight is 292 g/mol. The fraction of sp³-hybridized carbons (Fsp3) is 0.455. The first-order valence-electron chi connectivity index (χ1n) is 6.51. The van der Waals surface area contributed by atoms with Crippen molar-refractivity contribution in [1.29, 1.82) is 0 Å². The topological polar surface area (TPSA) is 124 Å². The molecule has 0 atom stereocenters. The third kappa shape index (κ3) is 3.41. The smallest absolute Gasteiger partial charge is 0.329 e. The Hall–Kier alpha value is -2.78. The van der Waals surface area contributed by atoms with E-state index in [0.717, 1.165) is 6.54 Å². The monoisotopic (exact) mass is 292 g/mol. The number of nitro groups is 1. The van der Waals surface area contributed by atoms with Gasteiger partial charge in [0.05, 0.1) is 11.5 Å². The predicted octanol–water partition coefficient (Wildman–Crippen LogP) is 1.04.